The minimum atomic E-state index is -3.78. The summed E-state index contributed by atoms with van der Waals surface area (Å²) in [7, 11) is -7.55. The molecular formula is C55H70F2N6O9S2. The fourth-order valence-corrected chi connectivity index (χ4v) is 14.1. The van der Waals surface area contributed by atoms with Crippen molar-refractivity contribution in [2.24, 2.45) is 23.7 Å². The van der Waals surface area contributed by atoms with Crippen LogP contribution in [0.4, 0.5) is 8.78 Å². The Hall–Kier alpha value is -4.99. The number of phenolic OH excluding ortho intramolecular Hbond substituents is 2. The van der Waals surface area contributed by atoms with Crippen LogP contribution in [-0.4, -0.2) is 143 Å². The lowest BCUT2D eigenvalue weighted by molar-refractivity contribution is -0.165. The molecule has 4 aromatic carbocycles. The molecule has 400 valence electrons. The lowest BCUT2D eigenvalue weighted by Gasteiger charge is -2.63. The van der Waals surface area contributed by atoms with Gasteiger partial charge in [0.2, 0.25) is 20.0 Å². The Morgan fingerprint density at radius 2 is 1.03 bits per heavy atom. The SMILES string of the molecule is Cc1c(F)cccc1[C@@H]1C[C@](C(=O)[C@]2(C3CCCNC3)C[C@@H](c3cccc(F)c3C)[C@@H](C(=O)c3cccc(O)c3)CN2CCNS(C)(=O)=O)(C2CCCNC2)N(CCNS(C)(=O)=O)C[C@@H]1C(=O)c1cccc(O)c1. The van der Waals surface area contributed by atoms with Gasteiger partial charge in [0, 0.05) is 75.3 Å². The van der Waals surface area contributed by atoms with Gasteiger partial charge in [0.1, 0.15) is 23.1 Å². The van der Waals surface area contributed by atoms with Gasteiger partial charge >= 0.3 is 0 Å². The first kappa shape index (κ1) is 55.2. The maximum absolute atomic E-state index is 18.0. The molecule has 4 heterocycles. The van der Waals surface area contributed by atoms with E-state index in [-0.39, 0.29) is 92.1 Å². The summed E-state index contributed by atoms with van der Waals surface area (Å²) in [5.41, 5.74) is -1.06. The highest BCUT2D eigenvalue weighted by Crippen LogP contribution is 2.56. The lowest BCUT2D eigenvalue weighted by atomic mass is 9.54. The molecule has 19 heteroatoms. The number of carbonyl (C=O) groups excluding carboxylic acids is 3. The number of ketones is 3. The number of likely N-dealkylation sites (tertiary alicyclic amines) is 2. The van der Waals surface area contributed by atoms with E-state index in [9.17, 15) is 27.0 Å². The summed E-state index contributed by atoms with van der Waals surface area (Å²) >= 11 is 0. The number of Topliss-reactive ketones (excluding diaryl/α,β-unsaturated/α-hetero) is 3. The predicted molar refractivity (Wildman–Crippen MR) is 279 cm³/mol. The average molecular weight is 1060 g/mol. The third-order valence-corrected chi connectivity index (χ3v) is 18.0. The van der Waals surface area contributed by atoms with Crippen LogP contribution in [0.2, 0.25) is 0 Å². The molecule has 6 N–H and O–H groups in total. The van der Waals surface area contributed by atoms with Crippen LogP contribution in [0.3, 0.4) is 0 Å². The molecule has 0 bridgehead atoms. The largest absolute Gasteiger partial charge is 0.508 e. The normalized spacial score (nSPS) is 27.4. The minimum absolute atomic E-state index is 0.0246. The molecule has 0 aliphatic carbocycles. The average Bonchev–Trinajstić information content (AvgIpc) is 3.37. The number of phenols is 2. The molecule has 0 aromatic heterocycles. The zero-order valence-corrected chi connectivity index (χ0v) is 44.2. The fourth-order valence-electron chi connectivity index (χ4n) is 13.2. The van der Waals surface area contributed by atoms with Crippen LogP contribution >= 0.6 is 0 Å². The molecule has 8 rings (SSSR count). The van der Waals surface area contributed by atoms with Gasteiger partial charge in [0.25, 0.3) is 0 Å². The van der Waals surface area contributed by atoms with Gasteiger partial charge < -0.3 is 20.8 Å². The molecule has 4 saturated heterocycles. The Balaban J connectivity index is 1.42. The van der Waals surface area contributed by atoms with Crippen molar-refractivity contribution in [3.8, 4) is 11.5 Å². The molecule has 4 aliphatic rings. The Morgan fingerprint density at radius 3 is 1.38 bits per heavy atom. The van der Waals surface area contributed by atoms with Crippen molar-refractivity contribution in [2.45, 2.75) is 75.3 Å². The Kier molecular flexibility index (Phi) is 16.9. The van der Waals surface area contributed by atoms with Crippen LogP contribution < -0.4 is 20.1 Å². The number of piperidine rings is 4. The molecule has 8 atom stereocenters. The second-order valence-electron chi connectivity index (χ2n) is 21.1. The van der Waals surface area contributed by atoms with Crippen molar-refractivity contribution >= 4 is 37.4 Å². The van der Waals surface area contributed by atoms with Gasteiger partial charge in [-0.15, -0.1) is 0 Å². The Labute approximate surface area is 434 Å². The number of benzene rings is 4. The number of hydrogen-bond donors (Lipinski definition) is 6. The number of nitrogens with one attached hydrogen (secondary N) is 4. The highest BCUT2D eigenvalue weighted by atomic mass is 32.2. The molecule has 4 fully saturated rings. The fraction of sp³-hybridized carbons (Fsp3) is 0.509. The topological polar surface area (TPSA) is 215 Å². The molecule has 4 aliphatic heterocycles. The number of aromatic hydroxyl groups is 2. The van der Waals surface area contributed by atoms with E-state index in [1.54, 1.807) is 62.4 Å². The summed E-state index contributed by atoms with van der Waals surface area (Å²) in [5.74, 6) is -6.69. The zero-order chi connectivity index (χ0) is 53.2. The highest BCUT2D eigenvalue weighted by Gasteiger charge is 2.66. The molecule has 15 nitrogen and oxygen atoms in total. The standard InChI is InChI=1S/C55H70F2N6O9S2/c1-35-43(17-7-19-49(35)56)45-29-54(39-13-9-21-58-31-39,62(25-23-60-73(3,69)70)33-47(45)51(66)37-11-5-15-41(64)27-37)53(68)55(40-14-10-22-59-32-40)30-46(44-18-8-20-50(57)36(44)2)48(34-63(55)26-24-61-74(4,71)72)52(67)38-12-6-16-42(65)28-38/h5-8,11-12,15-20,27-28,39-40,45-48,58-61,64-65H,9-10,13-14,21-26,29-34H2,1-4H3/t39?,40?,45-,46-,47-,48-,54+,55+/m0/s1. The molecule has 74 heavy (non-hydrogen) atoms. The Morgan fingerprint density at radius 1 is 0.635 bits per heavy atom. The molecule has 2 unspecified atom stereocenters. The summed E-state index contributed by atoms with van der Waals surface area (Å²) in [5, 5.41) is 28.4. The maximum atomic E-state index is 18.0. The molecule has 4 aromatic rings. The number of carbonyl (C=O) groups is 3. The van der Waals surface area contributed by atoms with E-state index in [1.165, 1.54) is 36.4 Å². The van der Waals surface area contributed by atoms with Gasteiger partial charge in [-0.2, -0.15) is 0 Å². The third kappa shape index (κ3) is 11.5. The molecule has 0 radical (unpaired) electrons. The van der Waals surface area contributed by atoms with E-state index in [1.807, 2.05) is 9.80 Å². The summed E-state index contributed by atoms with van der Waals surface area (Å²) < 4.78 is 88.8. The third-order valence-electron chi connectivity index (χ3n) is 16.6. The number of halogens is 2. The van der Waals surface area contributed by atoms with Crippen molar-refractivity contribution in [2.75, 3.05) is 78.0 Å². The zero-order valence-electron chi connectivity index (χ0n) is 42.6. The van der Waals surface area contributed by atoms with E-state index >= 15 is 23.2 Å². The smallest absolute Gasteiger partial charge is 0.208 e. The van der Waals surface area contributed by atoms with Gasteiger partial charge in [-0.05, 0) is 148 Å². The first-order valence-electron chi connectivity index (χ1n) is 25.7. The molecule has 0 saturated carbocycles. The van der Waals surface area contributed by atoms with E-state index in [0.29, 0.717) is 74.1 Å². The number of sulfonamides is 2. The van der Waals surface area contributed by atoms with Gasteiger partial charge in [-0.3, -0.25) is 24.2 Å². The summed E-state index contributed by atoms with van der Waals surface area (Å²) in [6.07, 6.45) is 4.44. The van der Waals surface area contributed by atoms with Crippen molar-refractivity contribution in [3.63, 3.8) is 0 Å². The quantitative estimate of drug-likeness (QED) is 0.0689. The van der Waals surface area contributed by atoms with Crippen LogP contribution in [0.5, 0.6) is 11.5 Å². The van der Waals surface area contributed by atoms with Crippen LogP contribution in [0.1, 0.15) is 93.3 Å². The van der Waals surface area contributed by atoms with E-state index in [0.717, 1.165) is 12.5 Å². The Bertz CT molecular complexity index is 2760. The number of rotatable bonds is 18. The lowest BCUT2D eigenvalue weighted by Crippen LogP contribution is -2.77. The number of nitrogens with zero attached hydrogens (tertiary/aromatic N) is 2. The second-order valence-corrected chi connectivity index (χ2v) is 24.7. The van der Waals surface area contributed by atoms with Crippen molar-refractivity contribution in [3.05, 3.63) is 130 Å². The minimum Gasteiger partial charge on any atom is -0.508 e. The maximum Gasteiger partial charge on any atom is 0.208 e. The molecule has 0 spiro atoms. The molecular weight excluding hydrogens is 991 g/mol. The second kappa shape index (κ2) is 22.7. The summed E-state index contributed by atoms with van der Waals surface area (Å²) in [6.45, 7) is 4.79. The van der Waals surface area contributed by atoms with Gasteiger partial charge in [0.05, 0.1) is 23.6 Å². The van der Waals surface area contributed by atoms with Crippen molar-refractivity contribution in [1.29, 1.82) is 0 Å². The van der Waals surface area contributed by atoms with Crippen LogP contribution in [0, 0.1) is 49.2 Å². The predicted octanol–water partition coefficient (Wildman–Crippen LogP) is 5.41. The van der Waals surface area contributed by atoms with E-state index in [2.05, 4.69) is 20.1 Å². The first-order valence-corrected chi connectivity index (χ1v) is 29.4. The summed E-state index contributed by atoms with van der Waals surface area (Å²) in [6, 6.07) is 21.4. The first-order chi connectivity index (χ1) is 35.1. The highest BCUT2D eigenvalue weighted by molar-refractivity contribution is 7.89. The van der Waals surface area contributed by atoms with Crippen molar-refractivity contribution in [1.82, 2.24) is 29.9 Å². The van der Waals surface area contributed by atoms with Gasteiger partial charge in [-0.25, -0.2) is 35.1 Å². The van der Waals surface area contributed by atoms with E-state index < -0.39 is 78.3 Å². The van der Waals surface area contributed by atoms with Crippen LogP contribution in [-0.2, 0) is 24.8 Å². The van der Waals surface area contributed by atoms with Gasteiger partial charge in [-0.1, -0.05) is 48.5 Å². The monoisotopic (exact) mass is 1060 g/mol. The summed E-state index contributed by atoms with van der Waals surface area (Å²) in [4.78, 5) is 52.4. The van der Waals surface area contributed by atoms with E-state index in [4.69, 9.17) is 0 Å². The van der Waals surface area contributed by atoms with Crippen LogP contribution in [0.15, 0.2) is 84.9 Å². The number of hydrogen-bond acceptors (Lipinski definition) is 13. The van der Waals surface area contributed by atoms with Crippen molar-refractivity contribution < 1.29 is 50.2 Å². The van der Waals surface area contributed by atoms with Crippen LogP contribution in [0.25, 0.3) is 0 Å². The molecule has 0 amide bonds. The van der Waals surface area contributed by atoms with Gasteiger partial charge in [0.15, 0.2) is 17.3 Å².